The summed E-state index contributed by atoms with van der Waals surface area (Å²) in [5.74, 6) is 0.529. The highest BCUT2D eigenvalue weighted by atomic mass is 32.2. The van der Waals surface area contributed by atoms with Gasteiger partial charge in [0.1, 0.15) is 6.07 Å². The van der Waals surface area contributed by atoms with E-state index >= 15 is 0 Å². The predicted molar refractivity (Wildman–Crippen MR) is 115 cm³/mol. The molecule has 4 rings (SSSR count). The van der Waals surface area contributed by atoms with Gasteiger partial charge in [-0.05, 0) is 36.8 Å². The van der Waals surface area contributed by atoms with Crippen molar-refractivity contribution in [3.05, 3.63) is 65.4 Å². The van der Waals surface area contributed by atoms with Gasteiger partial charge in [-0.3, -0.25) is 0 Å². The van der Waals surface area contributed by atoms with Crippen LogP contribution < -0.4 is 5.32 Å². The number of nitrogens with zero attached hydrogens (tertiary/aromatic N) is 3. The van der Waals surface area contributed by atoms with Crippen molar-refractivity contribution in [2.45, 2.75) is 18.4 Å². The minimum atomic E-state index is -3.57. The van der Waals surface area contributed by atoms with E-state index in [-0.39, 0.29) is 22.4 Å². The zero-order chi connectivity index (χ0) is 21.8. The lowest BCUT2D eigenvalue weighted by Crippen LogP contribution is -2.40. The third kappa shape index (κ3) is 4.61. The molecule has 0 aliphatic carbocycles. The molecule has 3 aromatic rings. The Bertz CT molecular complexity index is 1190. The maximum atomic E-state index is 12.8. The van der Waals surface area contributed by atoms with E-state index in [1.165, 1.54) is 22.0 Å². The van der Waals surface area contributed by atoms with Gasteiger partial charge in [0, 0.05) is 25.2 Å². The second kappa shape index (κ2) is 8.89. The smallest absolute Gasteiger partial charge is 0.243 e. The van der Waals surface area contributed by atoms with Crippen LogP contribution in [-0.4, -0.2) is 44.0 Å². The number of benzene rings is 2. The van der Waals surface area contributed by atoms with Crippen LogP contribution in [0.4, 0.5) is 5.88 Å². The van der Waals surface area contributed by atoms with Crippen molar-refractivity contribution < 1.29 is 17.6 Å². The molecule has 1 aliphatic rings. The largest absolute Gasteiger partial charge is 0.419 e. The molecule has 0 amide bonds. The van der Waals surface area contributed by atoms with Crippen LogP contribution in [0.3, 0.4) is 0 Å². The molecule has 1 saturated heterocycles. The fraction of sp³-hybridized carbons (Fsp3) is 0.273. The van der Waals surface area contributed by atoms with E-state index in [1.807, 2.05) is 37.3 Å². The summed E-state index contributed by atoms with van der Waals surface area (Å²) in [7, 11) is -3.57. The Morgan fingerprint density at radius 2 is 1.77 bits per heavy atom. The summed E-state index contributed by atoms with van der Waals surface area (Å²) in [6, 6.07) is 16.4. The van der Waals surface area contributed by atoms with E-state index in [0.29, 0.717) is 38.4 Å². The molecule has 2 aromatic carbocycles. The van der Waals surface area contributed by atoms with Gasteiger partial charge in [0.05, 0.1) is 18.1 Å². The van der Waals surface area contributed by atoms with Crippen molar-refractivity contribution in [3.8, 4) is 17.5 Å². The summed E-state index contributed by atoms with van der Waals surface area (Å²) in [5.41, 5.74) is 2.94. The molecule has 0 atom stereocenters. The maximum absolute atomic E-state index is 12.8. The zero-order valence-corrected chi connectivity index (χ0v) is 17.9. The Labute approximate surface area is 181 Å². The van der Waals surface area contributed by atoms with E-state index in [4.69, 9.17) is 9.15 Å². The van der Waals surface area contributed by atoms with Gasteiger partial charge in [0.2, 0.25) is 27.5 Å². The lowest BCUT2D eigenvalue weighted by molar-refractivity contribution is 0.0730. The first kappa shape index (κ1) is 21.1. The maximum Gasteiger partial charge on any atom is 0.243 e. The average molecular weight is 439 g/mol. The first-order chi connectivity index (χ1) is 15.0. The quantitative estimate of drug-likeness (QED) is 0.630. The first-order valence-corrected chi connectivity index (χ1v) is 11.3. The highest BCUT2D eigenvalue weighted by Gasteiger charge is 2.26. The average Bonchev–Trinajstić information content (AvgIpc) is 3.23. The van der Waals surface area contributed by atoms with Crippen LogP contribution in [0.15, 0.2) is 57.8 Å². The van der Waals surface area contributed by atoms with Gasteiger partial charge in [-0.2, -0.15) is 14.6 Å². The number of hydrogen-bond acceptors (Lipinski definition) is 7. The molecule has 1 fully saturated rings. The van der Waals surface area contributed by atoms with Gasteiger partial charge in [-0.25, -0.2) is 8.42 Å². The Morgan fingerprint density at radius 3 is 2.42 bits per heavy atom. The number of morpholine rings is 1. The molecule has 160 valence electrons. The monoisotopic (exact) mass is 438 g/mol. The van der Waals surface area contributed by atoms with Crippen LogP contribution in [-0.2, 0) is 21.3 Å². The van der Waals surface area contributed by atoms with Gasteiger partial charge >= 0.3 is 0 Å². The van der Waals surface area contributed by atoms with E-state index in [1.54, 1.807) is 12.1 Å². The Balaban J connectivity index is 1.51. The van der Waals surface area contributed by atoms with E-state index in [9.17, 15) is 13.7 Å². The third-order valence-corrected chi connectivity index (χ3v) is 6.93. The molecule has 0 saturated carbocycles. The van der Waals surface area contributed by atoms with Crippen LogP contribution in [0.1, 0.15) is 16.8 Å². The summed E-state index contributed by atoms with van der Waals surface area (Å²) in [4.78, 5) is 4.44. The molecule has 31 heavy (non-hydrogen) atoms. The van der Waals surface area contributed by atoms with Crippen molar-refractivity contribution in [1.29, 1.82) is 5.26 Å². The molecular weight excluding hydrogens is 416 g/mol. The molecule has 2 heterocycles. The number of oxazole rings is 1. The van der Waals surface area contributed by atoms with Crippen LogP contribution in [0.25, 0.3) is 11.5 Å². The van der Waals surface area contributed by atoms with Crippen molar-refractivity contribution in [2.75, 3.05) is 31.6 Å². The molecule has 1 N–H and O–H groups in total. The van der Waals surface area contributed by atoms with Crippen molar-refractivity contribution in [3.63, 3.8) is 0 Å². The summed E-state index contributed by atoms with van der Waals surface area (Å²) >= 11 is 0. The van der Waals surface area contributed by atoms with Gasteiger partial charge in [0.25, 0.3) is 0 Å². The molecule has 9 heteroatoms. The van der Waals surface area contributed by atoms with E-state index in [0.717, 1.165) is 5.56 Å². The molecule has 1 aromatic heterocycles. The molecule has 0 radical (unpaired) electrons. The highest BCUT2D eigenvalue weighted by molar-refractivity contribution is 7.89. The molecule has 0 unspecified atom stereocenters. The molecule has 8 nitrogen and oxygen atoms in total. The summed E-state index contributed by atoms with van der Waals surface area (Å²) in [6.07, 6.45) is 0. The SMILES string of the molecule is Cc1ccc(CNc2oc(-c3ccc(S(=O)(=O)N4CCOCC4)cc3)nc2C#N)cc1. The third-order valence-electron chi connectivity index (χ3n) is 5.02. The standard InChI is InChI=1S/C22H22N4O4S/c1-16-2-4-17(5-3-16)15-24-22-20(14-23)25-21(30-22)18-6-8-19(9-7-18)31(27,28)26-10-12-29-13-11-26/h2-9,24H,10-13,15H2,1H3. The fourth-order valence-electron chi connectivity index (χ4n) is 3.23. The number of aryl methyl sites for hydroxylation is 1. The summed E-state index contributed by atoms with van der Waals surface area (Å²) < 4.78 is 37.9. The Morgan fingerprint density at radius 1 is 1.10 bits per heavy atom. The highest BCUT2D eigenvalue weighted by Crippen LogP contribution is 2.27. The summed E-state index contributed by atoms with van der Waals surface area (Å²) in [6.45, 7) is 3.97. The number of anilines is 1. The minimum absolute atomic E-state index is 0.145. The van der Waals surface area contributed by atoms with Gasteiger partial charge in [-0.15, -0.1) is 0 Å². The van der Waals surface area contributed by atoms with E-state index in [2.05, 4.69) is 10.3 Å². The van der Waals surface area contributed by atoms with Crippen molar-refractivity contribution in [1.82, 2.24) is 9.29 Å². The van der Waals surface area contributed by atoms with Crippen LogP contribution >= 0.6 is 0 Å². The fourth-order valence-corrected chi connectivity index (χ4v) is 4.64. The number of nitrogens with one attached hydrogen (secondary N) is 1. The lowest BCUT2D eigenvalue weighted by atomic mass is 10.1. The summed E-state index contributed by atoms with van der Waals surface area (Å²) in [5, 5.41) is 12.5. The normalized spacial score (nSPS) is 14.8. The Hall–Kier alpha value is -3.19. The number of nitriles is 1. The number of hydrogen-bond donors (Lipinski definition) is 1. The lowest BCUT2D eigenvalue weighted by Gasteiger charge is -2.26. The van der Waals surface area contributed by atoms with Gasteiger partial charge < -0.3 is 14.5 Å². The van der Waals surface area contributed by atoms with Crippen LogP contribution in [0, 0.1) is 18.3 Å². The number of sulfonamides is 1. The molecular formula is C22H22N4O4S. The number of rotatable bonds is 6. The van der Waals surface area contributed by atoms with E-state index < -0.39 is 10.0 Å². The van der Waals surface area contributed by atoms with Gasteiger partial charge in [0.15, 0.2) is 0 Å². The molecule has 0 bridgehead atoms. The topological polar surface area (TPSA) is 108 Å². The van der Waals surface area contributed by atoms with Gasteiger partial charge in [-0.1, -0.05) is 29.8 Å². The van der Waals surface area contributed by atoms with Crippen molar-refractivity contribution in [2.24, 2.45) is 0 Å². The first-order valence-electron chi connectivity index (χ1n) is 9.86. The minimum Gasteiger partial charge on any atom is -0.419 e. The second-order valence-corrected chi connectivity index (χ2v) is 9.13. The molecule has 0 spiro atoms. The molecule has 1 aliphatic heterocycles. The number of aromatic nitrogens is 1. The Kier molecular flexibility index (Phi) is 6.04. The number of ether oxygens (including phenoxy) is 1. The predicted octanol–water partition coefficient (Wildman–Crippen LogP) is 3.15. The van der Waals surface area contributed by atoms with Crippen molar-refractivity contribution >= 4 is 15.9 Å². The van der Waals surface area contributed by atoms with Crippen LogP contribution in [0.2, 0.25) is 0 Å². The van der Waals surface area contributed by atoms with Crippen LogP contribution in [0.5, 0.6) is 0 Å². The zero-order valence-electron chi connectivity index (χ0n) is 17.0. The second-order valence-electron chi connectivity index (χ2n) is 7.19.